The second-order valence-electron chi connectivity index (χ2n) is 8.35. The van der Waals surface area contributed by atoms with E-state index in [0.717, 1.165) is 32.5 Å². The van der Waals surface area contributed by atoms with Crippen molar-refractivity contribution in [1.82, 2.24) is 19.9 Å². The van der Waals surface area contributed by atoms with Crippen molar-refractivity contribution in [1.29, 1.82) is 0 Å². The van der Waals surface area contributed by atoms with Crippen LogP contribution in [-0.2, 0) is 4.74 Å². The van der Waals surface area contributed by atoms with Gasteiger partial charge in [-0.25, -0.2) is 19.7 Å². The van der Waals surface area contributed by atoms with Crippen LogP contribution in [0.25, 0.3) is 22.4 Å². The topological polar surface area (TPSA) is 135 Å². The molecule has 3 rings (SSSR count). The van der Waals surface area contributed by atoms with Crippen LogP contribution in [0.3, 0.4) is 0 Å². The fourth-order valence-corrected chi connectivity index (χ4v) is 3.83. The summed E-state index contributed by atoms with van der Waals surface area (Å²) in [6.07, 6.45) is 2.93. The van der Waals surface area contributed by atoms with Gasteiger partial charge in [0.1, 0.15) is 11.3 Å². The van der Waals surface area contributed by atoms with Crippen molar-refractivity contribution in [2.45, 2.75) is 54.0 Å². The van der Waals surface area contributed by atoms with Crippen LogP contribution in [0.15, 0.2) is 36.5 Å². The number of nitrogens with one attached hydrogen (secondary N) is 2. The number of pyridine rings is 1. The van der Waals surface area contributed by atoms with Crippen LogP contribution < -0.4 is 10.6 Å². The molecule has 0 aliphatic carbocycles. The summed E-state index contributed by atoms with van der Waals surface area (Å²) in [4.78, 5) is 38.5. The van der Waals surface area contributed by atoms with Gasteiger partial charge >= 0.3 is 6.09 Å². The highest BCUT2D eigenvalue weighted by atomic mass is 35.5. The molecule has 0 fully saturated rings. The molecule has 2 heterocycles. The lowest BCUT2D eigenvalue weighted by atomic mass is 10.1. The Morgan fingerprint density at radius 3 is 2.38 bits per heavy atom. The second-order valence-corrected chi connectivity index (χ2v) is 8.35. The minimum atomic E-state index is -0.599. The van der Waals surface area contributed by atoms with Crippen LogP contribution in [0.1, 0.15) is 48.0 Å². The maximum absolute atomic E-state index is 12.0. The quantitative estimate of drug-likeness (QED) is 0.179. The summed E-state index contributed by atoms with van der Waals surface area (Å²) < 4.78 is 4.98. The largest absolute Gasteiger partial charge is 0.450 e. The van der Waals surface area contributed by atoms with Gasteiger partial charge in [0, 0.05) is 29.8 Å². The molecule has 0 spiro atoms. The number of rotatable bonds is 12. The molecule has 0 radical (unpaired) electrons. The molecule has 216 valence electrons. The average Bonchev–Trinajstić information content (AvgIpc) is 2.86. The Morgan fingerprint density at radius 1 is 1.13 bits per heavy atom. The molecule has 2 N–H and O–H groups in total. The highest BCUT2D eigenvalue weighted by Gasteiger charge is 2.15. The number of nitro benzene ring substituents is 1. The number of hydrogen-bond donors (Lipinski definition) is 2. The van der Waals surface area contributed by atoms with E-state index in [9.17, 15) is 14.9 Å². The van der Waals surface area contributed by atoms with Crippen molar-refractivity contribution in [3.8, 4) is 11.3 Å². The molecule has 3 aromatic rings. The Hall–Kier alpha value is -3.28. The lowest BCUT2D eigenvalue weighted by molar-refractivity contribution is -0.384. The van der Waals surface area contributed by atoms with Gasteiger partial charge in [0.05, 0.1) is 29.1 Å². The van der Waals surface area contributed by atoms with E-state index >= 15 is 0 Å². The molecule has 2 aromatic heterocycles. The third-order valence-electron chi connectivity index (χ3n) is 5.80. The van der Waals surface area contributed by atoms with Gasteiger partial charge in [0.15, 0.2) is 5.65 Å². The molecule has 0 saturated carbocycles. The summed E-state index contributed by atoms with van der Waals surface area (Å²) in [5.41, 5.74) is 2.83. The van der Waals surface area contributed by atoms with Gasteiger partial charge in [-0.3, -0.25) is 15.4 Å². The standard InChI is InChI=1S/C25H33N7O4.CH4.2ClH/c1-5-31(6-2)14-8-9-17(4)27-20-15-22(30-25(33)36-7-3)29-24-23(20)28-21(16-26-24)18-10-12-19(13-11-18)32(34)35;;;/h10-13,15-17H,5-9,14H2,1-4H3,(H2,26,27,29,30,33);1H4;2*1H. The number of nitrogens with zero attached hydrogens (tertiary/aromatic N) is 5. The minimum Gasteiger partial charge on any atom is -0.450 e. The summed E-state index contributed by atoms with van der Waals surface area (Å²) in [6.45, 7) is 11.5. The molecular formula is C26H39Cl2N7O4. The number of aromatic nitrogens is 3. The number of carbonyl (C=O) groups excluding carboxylic acids is 1. The third-order valence-corrected chi connectivity index (χ3v) is 5.80. The molecule has 13 heteroatoms. The lowest BCUT2D eigenvalue weighted by Crippen LogP contribution is -2.25. The summed E-state index contributed by atoms with van der Waals surface area (Å²) in [5.74, 6) is 0.302. The molecule has 1 amide bonds. The Labute approximate surface area is 242 Å². The normalized spacial score (nSPS) is 11.0. The van der Waals surface area contributed by atoms with Crippen molar-refractivity contribution in [3.05, 3.63) is 46.6 Å². The Balaban J connectivity index is 0.00000481. The highest BCUT2D eigenvalue weighted by molar-refractivity contribution is 5.92. The molecule has 1 aromatic carbocycles. The lowest BCUT2D eigenvalue weighted by Gasteiger charge is -2.21. The zero-order valence-electron chi connectivity index (χ0n) is 22.0. The first-order chi connectivity index (χ1) is 17.3. The van der Waals surface area contributed by atoms with E-state index in [2.05, 4.69) is 46.3 Å². The number of anilines is 2. The van der Waals surface area contributed by atoms with Gasteiger partial charge in [-0.15, -0.1) is 24.8 Å². The molecular weight excluding hydrogens is 545 g/mol. The predicted molar refractivity (Wildman–Crippen MR) is 161 cm³/mol. The summed E-state index contributed by atoms with van der Waals surface area (Å²) >= 11 is 0. The SMILES string of the molecule is C.CCOC(=O)Nc1cc(NC(C)CCCN(CC)CC)c2nc(-c3ccc([N+](=O)[O-])cc3)cnc2n1.Cl.Cl. The molecule has 39 heavy (non-hydrogen) atoms. The number of non-ortho nitro benzene ring substituents is 1. The number of fused-ring (bicyclic) bond motifs is 1. The van der Waals surface area contributed by atoms with Crippen LogP contribution >= 0.6 is 24.8 Å². The van der Waals surface area contributed by atoms with E-state index in [1.807, 2.05) is 0 Å². The summed E-state index contributed by atoms with van der Waals surface area (Å²) in [6, 6.07) is 7.99. The summed E-state index contributed by atoms with van der Waals surface area (Å²) in [5, 5.41) is 17.1. The molecule has 0 saturated heterocycles. The average molecular weight is 585 g/mol. The monoisotopic (exact) mass is 583 g/mol. The first kappa shape index (κ1) is 35.7. The number of benzene rings is 1. The summed E-state index contributed by atoms with van der Waals surface area (Å²) in [7, 11) is 0. The third kappa shape index (κ3) is 10.1. The van der Waals surface area contributed by atoms with Gasteiger partial charge in [-0.1, -0.05) is 21.3 Å². The zero-order valence-corrected chi connectivity index (χ0v) is 23.6. The van der Waals surface area contributed by atoms with Gasteiger partial charge in [0.2, 0.25) is 0 Å². The predicted octanol–water partition coefficient (Wildman–Crippen LogP) is 6.57. The van der Waals surface area contributed by atoms with Gasteiger partial charge in [-0.05, 0) is 58.5 Å². The van der Waals surface area contributed by atoms with Gasteiger partial charge < -0.3 is 15.0 Å². The van der Waals surface area contributed by atoms with E-state index in [4.69, 9.17) is 9.72 Å². The van der Waals surface area contributed by atoms with E-state index < -0.39 is 11.0 Å². The van der Waals surface area contributed by atoms with Crippen LogP contribution in [0.2, 0.25) is 0 Å². The van der Waals surface area contributed by atoms with Crippen LogP contribution in [0.4, 0.5) is 22.0 Å². The number of ether oxygens (including phenoxy) is 1. The smallest absolute Gasteiger partial charge is 0.412 e. The Morgan fingerprint density at radius 2 is 1.79 bits per heavy atom. The van der Waals surface area contributed by atoms with Crippen molar-refractivity contribution in [2.24, 2.45) is 0 Å². The first-order valence-electron chi connectivity index (χ1n) is 12.2. The molecule has 0 aliphatic rings. The Kier molecular flexibility index (Phi) is 15.9. The number of hydrogen-bond acceptors (Lipinski definition) is 9. The van der Waals surface area contributed by atoms with Crippen molar-refractivity contribution >= 4 is 59.3 Å². The molecule has 1 atom stereocenters. The first-order valence-corrected chi connectivity index (χ1v) is 12.2. The maximum atomic E-state index is 12.0. The van der Waals surface area contributed by atoms with Crippen LogP contribution in [0, 0.1) is 10.1 Å². The fraction of sp³-hybridized carbons (Fsp3) is 0.462. The number of amides is 1. The van der Waals surface area contributed by atoms with Crippen molar-refractivity contribution in [3.63, 3.8) is 0 Å². The second kappa shape index (κ2) is 17.3. The number of nitro groups is 1. The molecule has 11 nitrogen and oxygen atoms in total. The number of halogens is 2. The van der Waals surface area contributed by atoms with E-state index in [0.29, 0.717) is 33.9 Å². The van der Waals surface area contributed by atoms with Crippen molar-refractivity contribution < 1.29 is 14.5 Å². The maximum Gasteiger partial charge on any atom is 0.412 e. The molecule has 1 unspecified atom stereocenters. The van der Waals surface area contributed by atoms with Gasteiger partial charge in [-0.2, -0.15) is 0 Å². The highest BCUT2D eigenvalue weighted by Crippen LogP contribution is 2.28. The minimum absolute atomic E-state index is 0. The van der Waals surface area contributed by atoms with E-state index in [1.165, 1.54) is 12.1 Å². The molecule has 0 aliphatic heterocycles. The molecule has 0 bridgehead atoms. The fourth-order valence-electron chi connectivity index (χ4n) is 3.83. The van der Waals surface area contributed by atoms with E-state index in [-0.39, 0.29) is 50.6 Å². The van der Waals surface area contributed by atoms with Gasteiger partial charge in [0.25, 0.3) is 5.69 Å². The Bertz CT molecular complexity index is 1190. The number of carbonyl (C=O) groups is 1. The zero-order chi connectivity index (χ0) is 26.1. The van der Waals surface area contributed by atoms with Crippen LogP contribution in [-0.4, -0.2) is 63.2 Å². The van der Waals surface area contributed by atoms with Crippen LogP contribution in [0.5, 0.6) is 0 Å². The van der Waals surface area contributed by atoms with Crippen molar-refractivity contribution in [2.75, 3.05) is 36.9 Å². The van der Waals surface area contributed by atoms with E-state index in [1.54, 1.807) is 31.3 Å².